The molecular formula is C25H22N2O5. The Hall–Kier alpha value is -4.13. The maximum atomic E-state index is 12.6. The molecule has 162 valence electrons. The lowest BCUT2D eigenvalue weighted by Crippen LogP contribution is -2.30. The Labute approximate surface area is 184 Å². The summed E-state index contributed by atoms with van der Waals surface area (Å²) in [6.07, 6.45) is -1.06. The van der Waals surface area contributed by atoms with E-state index in [1.807, 2.05) is 48.5 Å². The van der Waals surface area contributed by atoms with Crippen LogP contribution < -0.4 is 11.1 Å². The first-order valence-corrected chi connectivity index (χ1v) is 10.3. The second-order valence-corrected chi connectivity index (χ2v) is 7.27. The van der Waals surface area contributed by atoms with E-state index >= 15 is 0 Å². The number of benzene rings is 3. The van der Waals surface area contributed by atoms with E-state index in [0.717, 1.165) is 11.1 Å². The zero-order valence-corrected chi connectivity index (χ0v) is 17.5. The number of carbonyl (C=O) groups excluding carboxylic acids is 2. The third-order valence-electron chi connectivity index (χ3n) is 5.06. The van der Waals surface area contributed by atoms with E-state index in [1.165, 1.54) is 11.5 Å². The van der Waals surface area contributed by atoms with Crippen molar-refractivity contribution in [3.63, 3.8) is 0 Å². The van der Waals surface area contributed by atoms with E-state index in [0.29, 0.717) is 16.8 Å². The van der Waals surface area contributed by atoms with E-state index < -0.39 is 23.7 Å². The number of aryl methyl sites for hydroxylation is 1. The Morgan fingerprint density at radius 3 is 2.47 bits per heavy atom. The molecule has 1 aromatic heterocycles. The summed E-state index contributed by atoms with van der Waals surface area (Å²) >= 11 is 0. The second-order valence-electron chi connectivity index (χ2n) is 7.27. The number of rotatable bonds is 7. The third kappa shape index (κ3) is 4.62. The van der Waals surface area contributed by atoms with Crippen LogP contribution in [0.3, 0.4) is 0 Å². The predicted molar refractivity (Wildman–Crippen MR) is 121 cm³/mol. The van der Waals surface area contributed by atoms with Gasteiger partial charge in [0.05, 0.1) is 11.9 Å². The molecule has 3 aromatic carbocycles. The van der Waals surface area contributed by atoms with Gasteiger partial charge >= 0.3 is 11.7 Å². The Morgan fingerprint density at radius 1 is 0.969 bits per heavy atom. The number of hydrogen-bond donors (Lipinski definition) is 1. The molecule has 1 unspecified atom stereocenters. The molecule has 0 bridgehead atoms. The van der Waals surface area contributed by atoms with E-state index in [-0.39, 0.29) is 13.0 Å². The highest BCUT2D eigenvalue weighted by molar-refractivity contribution is 5.98. The first-order valence-electron chi connectivity index (χ1n) is 10.3. The van der Waals surface area contributed by atoms with Gasteiger partial charge in [-0.25, -0.2) is 4.79 Å². The highest BCUT2D eigenvalue weighted by Crippen LogP contribution is 2.27. The molecule has 0 saturated carbocycles. The Kier molecular flexibility index (Phi) is 6.17. The monoisotopic (exact) mass is 430 g/mol. The number of fused-ring (bicyclic) bond motifs is 1. The van der Waals surface area contributed by atoms with Crippen LogP contribution >= 0.6 is 0 Å². The van der Waals surface area contributed by atoms with Crippen molar-refractivity contribution in [1.82, 2.24) is 4.57 Å². The van der Waals surface area contributed by atoms with Gasteiger partial charge in [-0.2, -0.15) is 0 Å². The number of esters is 1. The first-order chi connectivity index (χ1) is 15.5. The fourth-order valence-corrected chi connectivity index (χ4v) is 3.43. The third-order valence-corrected chi connectivity index (χ3v) is 5.06. The molecule has 1 heterocycles. The maximum absolute atomic E-state index is 12.6. The molecule has 0 aliphatic rings. The molecule has 7 heteroatoms. The standard InChI is InChI=1S/C25H22N2O5/c1-17(24(29)26-20-12-6-5-11-19(20)18-9-3-2-4-10-18)31-23(28)15-16-27-21-13-7-8-14-22(21)32-25(27)30/h2-14,17H,15-16H2,1H3,(H,26,29). The van der Waals surface area contributed by atoms with Crippen molar-refractivity contribution in [1.29, 1.82) is 0 Å². The van der Waals surface area contributed by atoms with Crippen molar-refractivity contribution in [3.8, 4) is 11.1 Å². The lowest BCUT2D eigenvalue weighted by Gasteiger charge is -2.16. The molecule has 4 rings (SSSR count). The number of ether oxygens (including phenoxy) is 1. The van der Waals surface area contributed by atoms with Crippen LogP contribution in [0.2, 0.25) is 0 Å². The summed E-state index contributed by atoms with van der Waals surface area (Å²) in [6, 6.07) is 24.1. The van der Waals surface area contributed by atoms with Crippen LogP contribution in [0.4, 0.5) is 5.69 Å². The van der Waals surface area contributed by atoms with Crippen LogP contribution in [-0.4, -0.2) is 22.5 Å². The average molecular weight is 430 g/mol. The SMILES string of the molecule is CC(OC(=O)CCn1c(=O)oc2ccccc21)C(=O)Nc1ccccc1-c1ccccc1. The number of amides is 1. The average Bonchev–Trinajstić information content (AvgIpc) is 3.13. The van der Waals surface area contributed by atoms with Crippen LogP contribution in [0, 0.1) is 0 Å². The topological polar surface area (TPSA) is 90.5 Å². The fourth-order valence-electron chi connectivity index (χ4n) is 3.43. The van der Waals surface area contributed by atoms with Gasteiger partial charge in [-0.15, -0.1) is 0 Å². The van der Waals surface area contributed by atoms with E-state index in [4.69, 9.17) is 9.15 Å². The number of aromatic nitrogens is 1. The lowest BCUT2D eigenvalue weighted by atomic mass is 10.0. The molecule has 0 radical (unpaired) electrons. The zero-order chi connectivity index (χ0) is 22.5. The zero-order valence-electron chi connectivity index (χ0n) is 17.5. The molecular weight excluding hydrogens is 408 g/mol. The van der Waals surface area contributed by atoms with Gasteiger partial charge in [0.1, 0.15) is 0 Å². The smallest absolute Gasteiger partial charge is 0.419 e. The summed E-state index contributed by atoms with van der Waals surface area (Å²) in [4.78, 5) is 36.9. The van der Waals surface area contributed by atoms with Gasteiger partial charge in [0.15, 0.2) is 11.7 Å². The van der Waals surface area contributed by atoms with Gasteiger partial charge < -0.3 is 14.5 Å². The minimum atomic E-state index is -0.996. The van der Waals surface area contributed by atoms with Gasteiger partial charge in [0.25, 0.3) is 5.91 Å². The molecule has 0 fully saturated rings. The molecule has 1 amide bonds. The Balaban J connectivity index is 1.38. The number of nitrogens with zero attached hydrogens (tertiary/aromatic N) is 1. The summed E-state index contributed by atoms with van der Waals surface area (Å²) in [6.45, 7) is 1.61. The van der Waals surface area contributed by atoms with Crippen molar-refractivity contribution in [2.24, 2.45) is 0 Å². The van der Waals surface area contributed by atoms with E-state index in [2.05, 4.69) is 5.32 Å². The van der Waals surface area contributed by atoms with Crippen LogP contribution in [0.1, 0.15) is 13.3 Å². The molecule has 1 atom stereocenters. The normalized spacial score (nSPS) is 11.8. The maximum Gasteiger partial charge on any atom is 0.419 e. The second kappa shape index (κ2) is 9.34. The van der Waals surface area contributed by atoms with E-state index in [9.17, 15) is 14.4 Å². The summed E-state index contributed by atoms with van der Waals surface area (Å²) in [5, 5.41) is 2.83. The van der Waals surface area contributed by atoms with Crippen LogP contribution in [0.5, 0.6) is 0 Å². The Morgan fingerprint density at radius 2 is 1.66 bits per heavy atom. The summed E-state index contributed by atoms with van der Waals surface area (Å²) in [7, 11) is 0. The molecule has 32 heavy (non-hydrogen) atoms. The summed E-state index contributed by atoms with van der Waals surface area (Å²) < 4.78 is 11.8. The molecule has 7 nitrogen and oxygen atoms in total. The number of oxazole rings is 1. The number of nitrogens with one attached hydrogen (secondary N) is 1. The number of para-hydroxylation sites is 3. The van der Waals surface area contributed by atoms with Gasteiger partial charge in [-0.05, 0) is 30.7 Å². The van der Waals surface area contributed by atoms with Gasteiger partial charge in [0, 0.05) is 17.8 Å². The first kappa shape index (κ1) is 21.1. The van der Waals surface area contributed by atoms with E-state index in [1.54, 1.807) is 30.3 Å². The quantitative estimate of drug-likeness (QED) is 0.443. The van der Waals surface area contributed by atoms with Crippen LogP contribution in [0.15, 0.2) is 88.1 Å². The van der Waals surface area contributed by atoms with Crippen molar-refractivity contribution >= 4 is 28.7 Å². The minimum Gasteiger partial charge on any atom is -0.452 e. The molecule has 1 N–H and O–H groups in total. The molecule has 0 aliphatic carbocycles. The summed E-state index contributed by atoms with van der Waals surface area (Å²) in [5.41, 5.74) is 3.52. The van der Waals surface area contributed by atoms with Crippen molar-refractivity contribution in [2.45, 2.75) is 26.0 Å². The number of anilines is 1. The summed E-state index contributed by atoms with van der Waals surface area (Å²) in [5.74, 6) is -1.56. The minimum absolute atomic E-state index is 0.0678. The number of carbonyl (C=O) groups is 2. The predicted octanol–water partition coefficient (Wildman–Crippen LogP) is 4.22. The molecule has 4 aromatic rings. The number of hydrogen-bond acceptors (Lipinski definition) is 5. The molecule has 0 spiro atoms. The van der Waals surface area contributed by atoms with Gasteiger partial charge in [0.2, 0.25) is 0 Å². The highest BCUT2D eigenvalue weighted by Gasteiger charge is 2.20. The molecule has 0 aliphatic heterocycles. The van der Waals surface area contributed by atoms with Crippen LogP contribution in [0.25, 0.3) is 22.2 Å². The Bertz CT molecular complexity index is 1310. The lowest BCUT2D eigenvalue weighted by molar-refractivity contribution is -0.153. The van der Waals surface area contributed by atoms with Crippen molar-refractivity contribution in [3.05, 3.63) is 89.4 Å². The van der Waals surface area contributed by atoms with Crippen LogP contribution in [-0.2, 0) is 20.9 Å². The molecule has 0 saturated heterocycles. The van der Waals surface area contributed by atoms with Gasteiger partial charge in [-0.1, -0.05) is 60.7 Å². The van der Waals surface area contributed by atoms with Gasteiger partial charge in [-0.3, -0.25) is 14.2 Å². The van der Waals surface area contributed by atoms with Crippen molar-refractivity contribution in [2.75, 3.05) is 5.32 Å². The largest absolute Gasteiger partial charge is 0.452 e. The van der Waals surface area contributed by atoms with Crippen molar-refractivity contribution < 1.29 is 18.7 Å². The highest BCUT2D eigenvalue weighted by atomic mass is 16.5. The fraction of sp³-hybridized carbons (Fsp3) is 0.160.